The molecule has 1 amide bonds. The van der Waals surface area contributed by atoms with E-state index in [-0.39, 0.29) is 0 Å². The maximum absolute atomic E-state index is 11.0. The zero-order valence-corrected chi connectivity index (χ0v) is 9.07. The van der Waals surface area contributed by atoms with Crippen LogP contribution in [0.5, 0.6) is 0 Å². The Labute approximate surface area is 84.6 Å². The lowest BCUT2D eigenvalue weighted by Gasteiger charge is -2.19. The van der Waals surface area contributed by atoms with Crippen LogP contribution >= 0.6 is 12.6 Å². The molecule has 0 aromatic heterocycles. The van der Waals surface area contributed by atoms with Crippen molar-refractivity contribution in [3.05, 3.63) is 0 Å². The third-order valence-electron chi connectivity index (χ3n) is 0.997. The first-order valence-corrected chi connectivity index (χ1v) is 4.49. The third kappa shape index (κ3) is 9.09. The summed E-state index contributed by atoms with van der Waals surface area (Å²) >= 11 is 3.71. The second kappa shape index (κ2) is 5.76. The third-order valence-corrected chi connectivity index (χ3v) is 1.16. The van der Waals surface area contributed by atoms with Crippen LogP contribution < -0.4 is 5.32 Å². The molecule has 74 valence electrons. The minimum Gasteiger partial charge on any atom is -0.444 e. The van der Waals surface area contributed by atoms with Crippen LogP contribution in [-0.2, 0) is 4.74 Å². The summed E-state index contributed by atoms with van der Waals surface area (Å²) in [6.07, 6.45) is 0.177. The van der Waals surface area contributed by atoms with Crippen LogP contribution in [-0.4, -0.2) is 18.2 Å². The van der Waals surface area contributed by atoms with Crippen LogP contribution in [0, 0.1) is 11.2 Å². The average molecular weight is 201 g/mol. The maximum Gasteiger partial charge on any atom is 0.407 e. The molecule has 13 heavy (non-hydrogen) atoms. The summed E-state index contributed by atoms with van der Waals surface area (Å²) in [5, 5.41) is 5.02. The van der Waals surface area contributed by atoms with Crippen LogP contribution in [0.1, 0.15) is 27.2 Å². The number of carbonyl (C=O) groups is 1. The standard InChI is InChI=1S/C9H15NO2S/c1-9(2,3)12-8(11)10-6-4-5-7-13/h13H,4,6H2,1-3H3,(H,10,11). The Bertz CT molecular complexity index is 222. The van der Waals surface area contributed by atoms with E-state index in [4.69, 9.17) is 4.74 Å². The maximum atomic E-state index is 11.0. The molecule has 4 heteroatoms. The molecule has 0 aromatic rings. The van der Waals surface area contributed by atoms with Gasteiger partial charge in [-0.25, -0.2) is 4.79 Å². The summed E-state index contributed by atoms with van der Waals surface area (Å²) < 4.78 is 5.00. The lowest BCUT2D eigenvalue weighted by atomic mass is 10.2. The molecule has 0 aliphatic heterocycles. The summed E-state index contributed by atoms with van der Waals surface area (Å²) in [6.45, 7) is 5.95. The summed E-state index contributed by atoms with van der Waals surface area (Å²) in [5.74, 6) is 2.71. The molecule has 1 N–H and O–H groups in total. The molecule has 0 unspecified atom stereocenters. The van der Waals surface area contributed by atoms with E-state index in [0.717, 1.165) is 0 Å². The van der Waals surface area contributed by atoms with E-state index < -0.39 is 11.7 Å². The predicted molar refractivity (Wildman–Crippen MR) is 55.6 cm³/mol. The number of nitrogens with one attached hydrogen (secondary N) is 1. The number of ether oxygens (including phenoxy) is 1. The highest BCUT2D eigenvalue weighted by atomic mass is 32.1. The van der Waals surface area contributed by atoms with Gasteiger partial charge < -0.3 is 10.1 Å². The quantitative estimate of drug-likeness (QED) is 0.406. The van der Waals surface area contributed by atoms with Crippen LogP contribution in [0.2, 0.25) is 0 Å². The molecule has 0 atom stereocenters. The van der Waals surface area contributed by atoms with Crippen molar-refractivity contribution in [3.8, 4) is 11.2 Å². The molecule has 0 radical (unpaired) electrons. The molecule has 0 saturated carbocycles. The minimum atomic E-state index is -0.445. The number of amides is 1. The van der Waals surface area contributed by atoms with Crippen molar-refractivity contribution in [1.82, 2.24) is 5.32 Å². The van der Waals surface area contributed by atoms with Gasteiger partial charge in [0.2, 0.25) is 0 Å². The van der Waals surface area contributed by atoms with Crippen molar-refractivity contribution in [2.45, 2.75) is 32.8 Å². The van der Waals surface area contributed by atoms with Gasteiger partial charge in [0.1, 0.15) is 5.60 Å². The Hall–Kier alpha value is -0.820. The first-order chi connectivity index (χ1) is 5.95. The fraction of sp³-hybridized carbons (Fsp3) is 0.667. The van der Waals surface area contributed by atoms with Gasteiger partial charge in [-0.2, -0.15) is 0 Å². The van der Waals surface area contributed by atoms with Crippen molar-refractivity contribution >= 4 is 18.7 Å². The number of carbonyl (C=O) groups excluding carboxylic acids is 1. The highest BCUT2D eigenvalue weighted by Gasteiger charge is 2.14. The number of hydrogen-bond acceptors (Lipinski definition) is 3. The summed E-state index contributed by atoms with van der Waals surface area (Å²) in [7, 11) is 0. The molecule has 0 heterocycles. The van der Waals surface area contributed by atoms with Crippen molar-refractivity contribution in [2.75, 3.05) is 6.54 Å². The lowest BCUT2D eigenvalue weighted by molar-refractivity contribution is 0.0529. The molecular weight excluding hydrogens is 186 g/mol. The van der Waals surface area contributed by atoms with E-state index in [9.17, 15) is 4.79 Å². The van der Waals surface area contributed by atoms with Crippen LogP contribution in [0.4, 0.5) is 4.79 Å². The van der Waals surface area contributed by atoms with Gasteiger partial charge in [-0.1, -0.05) is 18.5 Å². The summed E-state index contributed by atoms with van der Waals surface area (Å²) in [4.78, 5) is 11.0. The second-order valence-electron chi connectivity index (χ2n) is 3.47. The first-order valence-electron chi connectivity index (χ1n) is 4.04. The normalized spacial score (nSPS) is 9.85. The van der Waals surface area contributed by atoms with Gasteiger partial charge in [0, 0.05) is 13.0 Å². The number of rotatable bonds is 2. The van der Waals surface area contributed by atoms with E-state index in [2.05, 4.69) is 29.1 Å². The van der Waals surface area contributed by atoms with Crippen molar-refractivity contribution in [3.63, 3.8) is 0 Å². The Kier molecular flexibility index (Phi) is 5.40. The predicted octanol–water partition coefficient (Wildman–Crippen LogP) is 1.79. The molecule has 0 rings (SSSR count). The largest absolute Gasteiger partial charge is 0.444 e. The van der Waals surface area contributed by atoms with E-state index in [1.54, 1.807) is 0 Å². The smallest absolute Gasteiger partial charge is 0.407 e. The zero-order chi connectivity index (χ0) is 10.3. The topological polar surface area (TPSA) is 38.3 Å². The van der Waals surface area contributed by atoms with Crippen molar-refractivity contribution < 1.29 is 9.53 Å². The average Bonchev–Trinajstić information content (AvgIpc) is 1.94. The van der Waals surface area contributed by atoms with E-state index in [1.807, 2.05) is 20.8 Å². The van der Waals surface area contributed by atoms with Crippen molar-refractivity contribution in [1.29, 1.82) is 0 Å². The molecule has 0 fully saturated rings. The fourth-order valence-corrected chi connectivity index (χ4v) is 0.709. The van der Waals surface area contributed by atoms with Gasteiger partial charge in [0.15, 0.2) is 0 Å². The van der Waals surface area contributed by atoms with Gasteiger partial charge in [0.25, 0.3) is 0 Å². The minimum absolute atomic E-state index is 0.409. The fourth-order valence-electron chi connectivity index (χ4n) is 0.597. The SMILES string of the molecule is CC(C)(C)OC(=O)NCCC#CS. The Morgan fingerprint density at radius 2 is 2.15 bits per heavy atom. The molecule has 3 nitrogen and oxygen atoms in total. The zero-order valence-electron chi connectivity index (χ0n) is 8.18. The summed E-state index contributed by atoms with van der Waals surface area (Å²) in [5.41, 5.74) is -0.445. The van der Waals surface area contributed by atoms with E-state index in [1.165, 1.54) is 0 Å². The number of thiol groups is 1. The Morgan fingerprint density at radius 1 is 1.54 bits per heavy atom. The first kappa shape index (κ1) is 12.2. The van der Waals surface area contributed by atoms with Gasteiger partial charge in [-0.15, -0.1) is 0 Å². The molecule has 0 aliphatic rings. The highest BCUT2D eigenvalue weighted by Crippen LogP contribution is 2.06. The number of hydrogen-bond donors (Lipinski definition) is 2. The molecule has 0 aliphatic carbocycles. The highest BCUT2D eigenvalue weighted by molar-refractivity contribution is 7.85. The summed E-state index contributed by atoms with van der Waals surface area (Å²) in [6, 6.07) is 0. The number of alkyl carbamates (subject to hydrolysis) is 1. The molecule has 0 saturated heterocycles. The Morgan fingerprint density at radius 3 is 2.62 bits per heavy atom. The monoisotopic (exact) mass is 201 g/mol. The lowest BCUT2D eigenvalue weighted by Crippen LogP contribution is -2.32. The van der Waals surface area contributed by atoms with Gasteiger partial charge in [0.05, 0.1) is 0 Å². The van der Waals surface area contributed by atoms with Crippen molar-refractivity contribution in [2.24, 2.45) is 0 Å². The van der Waals surface area contributed by atoms with Crippen LogP contribution in [0.15, 0.2) is 0 Å². The Balaban J connectivity index is 3.56. The van der Waals surface area contributed by atoms with Gasteiger partial charge >= 0.3 is 6.09 Å². The van der Waals surface area contributed by atoms with Gasteiger partial charge in [-0.05, 0) is 26.0 Å². The van der Waals surface area contributed by atoms with E-state index in [0.29, 0.717) is 13.0 Å². The van der Waals surface area contributed by atoms with E-state index >= 15 is 0 Å². The van der Waals surface area contributed by atoms with Crippen LogP contribution in [0.25, 0.3) is 0 Å². The van der Waals surface area contributed by atoms with Crippen LogP contribution in [0.3, 0.4) is 0 Å². The second-order valence-corrected chi connectivity index (χ2v) is 3.69. The molecule has 0 spiro atoms. The molecule has 0 bridgehead atoms. The molecular formula is C9H15NO2S. The molecule has 0 aromatic carbocycles. The van der Waals surface area contributed by atoms with Gasteiger partial charge in [-0.3, -0.25) is 0 Å².